The molecule has 0 spiro atoms. The van der Waals surface area contributed by atoms with Crippen LogP contribution in [0.25, 0.3) is 0 Å². The molecule has 3 aromatic carbocycles. The molecule has 1 atom stereocenters. The highest BCUT2D eigenvalue weighted by Gasteiger charge is 2.34. The zero-order valence-electron chi connectivity index (χ0n) is 25.4. The van der Waals surface area contributed by atoms with E-state index in [0.29, 0.717) is 10.8 Å². The molecule has 0 saturated heterocycles. The summed E-state index contributed by atoms with van der Waals surface area (Å²) in [5.74, 6) is -0.112. The number of methoxy groups -OCH3 is 2. The molecule has 0 aromatic heterocycles. The van der Waals surface area contributed by atoms with Crippen LogP contribution in [0.5, 0.6) is 11.5 Å². The predicted molar refractivity (Wildman–Crippen MR) is 173 cm³/mol. The fourth-order valence-electron chi connectivity index (χ4n) is 5.47. The first kappa shape index (κ1) is 33.1. The molecule has 1 fully saturated rings. The minimum absolute atomic E-state index is 0.0260. The fourth-order valence-corrected chi connectivity index (χ4v) is 6.45. The van der Waals surface area contributed by atoms with Crippen molar-refractivity contribution in [2.24, 2.45) is 0 Å². The lowest BCUT2D eigenvalue weighted by Crippen LogP contribution is -2.55. The van der Waals surface area contributed by atoms with E-state index in [4.69, 9.17) is 21.1 Å². The first-order valence-corrected chi connectivity index (χ1v) is 16.9. The van der Waals surface area contributed by atoms with Crippen molar-refractivity contribution in [1.29, 1.82) is 0 Å². The van der Waals surface area contributed by atoms with Gasteiger partial charge in [-0.25, -0.2) is 8.42 Å². The number of amides is 2. The van der Waals surface area contributed by atoms with Gasteiger partial charge >= 0.3 is 0 Å². The van der Waals surface area contributed by atoms with Gasteiger partial charge in [0.05, 0.1) is 26.2 Å². The summed E-state index contributed by atoms with van der Waals surface area (Å²) in [4.78, 5) is 29.9. The number of benzene rings is 3. The summed E-state index contributed by atoms with van der Waals surface area (Å²) < 4.78 is 38.0. The lowest BCUT2D eigenvalue weighted by Gasteiger charge is -2.35. The molecular formula is C33H40ClN3O6S. The molecule has 44 heavy (non-hydrogen) atoms. The van der Waals surface area contributed by atoms with Crippen LogP contribution in [-0.4, -0.2) is 64.2 Å². The highest BCUT2D eigenvalue weighted by atomic mass is 35.5. The van der Waals surface area contributed by atoms with Crippen molar-refractivity contribution in [1.82, 2.24) is 10.2 Å². The zero-order chi connectivity index (χ0) is 31.7. The van der Waals surface area contributed by atoms with Crippen molar-refractivity contribution < 1.29 is 27.5 Å². The summed E-state index contributed by atoms with van der Waals surface area (Å²) in [5, 5.41) is 3.74. The Kier molecular flexibility index (Phi) is 11.5. The van der Waals surface area contributed by atoms with Gasteiger partial charge in [-0.3, -0.25) is 13.9 Å². The summed E-state index contributed by atoms with van der Waals surface area (Å²) in [6.45, 7) is -0.472. The third-order valence-corrected chi connectivity index (χ3v) is 9.20. The van der Waals surface area contributed by atoms with E-state index in [1.165, 1.54) is 25.2 Å². The molecule has 0 bridgehead atoms. The van der Waals surface area contributed by atoms with Crippen molar-refractivity contribution in [2.45, 2.75) is 57.2 Å². The molecular weight excluding hydrogens is 602 g/mol. The van der Waals surface area contributed by atoms with Gasteiger partial charge in [-0.05, 0) is 48.2 Å². The van der Waals surface area contributed by atoms with Gasteiger partial charge in [-0.15, -0.1) is 0 Å². The Morgan fingerprint density at radius 1 is 0.932 bits per heavy atom. The van der Waals surface area contributed by atoms with Crippen LogP contribution in [-0.2, 0) is 32.6 Å². The van der Waals surface area contributed by atoms with E-state index >= 15 is 0 Å². The summed E-state index contributed by atoms with van der Waals surface area (Å²) in [7, 11) is -1.05. The van der Waals surface area contributed by atoms with E-state index in [0.717, 1.165) is 53.8 Å². The lowest BCUT2D eigenvalue weighted by atomic mass is 9.94. The van der Waals surface area contributed by atoms with Crippen LogP contribution in [0.1, 0.15) is 43.2 Å². The predicted octanol–water partition coefficient (Wildman–Crippen LogP) is 5.21. The molecule has 0 aliphatic heterocycles. The Morgan fingerprint density at radius 3 is 2.23 bits per heavy atom. The molecule has 9 nitrogen and oxygen atoms in total. The van der Waals surface area contributed by atoms with E-state index in [2.05, 4.69) is 5.32 Å². The number of nitrogens with zero attached hydrogens (tertiary/aromatic N) is 2. The second-order valence-electron chi connectivity index (χ2n) is 11.0. The van der Waals surface area contributed by atoms with Crippen LogP contribution in [0.4, 0.5) is 5.69 Å². The number of ether oxygens (including phenoxy) is 2. The van der Waals surface area contributed by atoms with Crippen LogP contribution >= 0.6 is 11.6 Å². The normalized spacial score (nSPS) is 14.4. The Morgan fingerprint density at radius 2 is 1.61 bits per heavy atom. The van der Waals surface area contributed by atoms with Gasteiger partial charge in [0.25, 0.3) is 0 Å². The molecule has 2 amide bonds. The van der Waals surface area contributed by atoms with E-state index < -0.39 is 28.5 Å². The molecule has 0 heterocycles. The van der Waals surface area contributed by atoms with E-state index in [1.807, 2.05) is 30.3 Å². The van der Waals surface area contributed by atoms with Crippen molar-refractivity contribution in [2.75, 3.05) is 31.3 Å². The Balaban J connectivity index is 1.74. The number of rotatable bonds is 13. The number of sulfonamides is 1. The average Bonchev–Trinajstić information content (AvgIpc) is 3.02. The number of hydrogen-bond donors (Lipinski definition) is 1. The second kappa shape index (κ2) is 15.3. The second-order valence-corrected chi connectivity index (χ2v) is 13.3. The highest BCUT2D eigenvalue weighted by molar-refractivity contribution is 7.92. The molecule has 1 aliphatic rings. The van der Waals surface area contributed by atoms with E-state index in [1.54, 1.807) is 36.4 Å². The highest BCUT2D eigenvalue weighted by Crippen LogP contribution is 2.34. The number of carbonyl (C=O) groups excluding carboxylic acids is 2. The monoisotopic (exact) mass is 641 g/mol. The van der Waals surface area contributed by atoms with Crippen molar-refractivity contribution >= 4 is 39.1 Å². The van der Waals surface area contributed by atoms with Gasteiger partial charge in [-0.1, -0.05) is 73.3 Å². The molecule has 236 valence electrons. The molecule has 1 aliphatic carbocycles. The molecule has 3 aromatic rings. The summed E-state index contributed by atoms with van der Waals surface area (Å²) >= 11 is 6.14. The van der Waals surface area contributed by atoms with Gasteiger partial charge in [0.2, 0.25) is 21.8 Å². The number of carbonyl (C=O) groups is 2. The number of halogens is 1. The van der Waals surface area contributed by atoms with Crippen molar-refractivity contribution in [3.05, 3.63) is 88.9 Å². The maximum absolute atomic E-state index is 14.3. The van der Waals surface area contributed by atoms with Crippen LogP contribution in [0, 0.1) is 0 Å². The maximum atomic E-state index is 14.3. The first-order chi connectivity index (χ1) is 21.1. The summed E-state index contributed by atoms with van der Waals surface area (Å²) in [5.41, 5.74) is 1.81. The minimum atomic E-state index is -3.96. The van der Waals surface area contributed by atoms with Crippen LogP contribution in [0.15, 0.2) is 72.8 Å². The van der Waals surface area contributed by atoms with Gasteiger partial charge < -0.3 is 19.7 Å². The van der Waals surface area contributed by atoms with Crippen LogP contribution in [0.2, 0.25) is 5.02 Å². The van der Waals surface area contributed by atoms with E-state index in [9.17, 15) is 18.0 Å². The first-order valence-electron chi connectivity index (χ1n) is 14.7. The van der Waals surface area contributed by atoms with Crippen molar-refractivity contribution in [3.63, 3.8) is 0 Å². The number of hydrogen-bond acceptors (Lipinski definition) is 6. The number of nitrogens with one attached hydrogen (secondary N) is 1. The molecule has 0 radical (unpaired) electrons. The van der Waals surface area contributed by atoms with Gasteiger partial charge in [0, 0.05) is 30.1 Å². The topological polar surface area (TPSA) is 105 Å². The maximum Gasteiger partial charge on any atom is 0.244 e. The van der Waals surface area contributed by atoms with E-state index in [-0.39, 0.29) is 36.4 Å². The van der Waals surface area contributed by atoms with Crippen LogP contribution in [0.3, 0.4) is 0 Å². The summed E-state index contributed by atoms with van der Waals surface area (Å²) in [6.07, 6.45) is 6.26. The number of anilines is 1. The lowest BCUT2D eigenvalue weighted by molar-refractivity contribution is -0.140. The zero-order valence-corrected chi connectivity index (χ0v) is 26.9. The smallest absolute Gasteiger partial charge is 0.244 e. The Labute approximate surface area is 265 Å². The molecule has 1 N–H and O–H groups in total. The Bertz CT molecular complexity index is 1510. The fraction of sp³-hybridized carbons (Fsp3) is 0.394. The molecule has 1 saturated carbocycles. The third kappa shape index (κ3) is 8.89. The minimum Gasteiger partial charge on any atom is -0.497 e. The largest absolute Gasteiger partial charge is 0.497 e. The molecule has 4 rings (SSSR count). The average molecular weight is 642 g/mol. The Hall–Kier alpha value is -3.76. The third-order valence-electron chi connectivity index (χ3n) is 7.82. The quantitative estimate of drug-likeness (QED) is 0.275. The standard InChI is InChI=1S/C33H40ClN3O6S/c1-42-28-18-19-29(31(21-28)43-2)37(44(3,40)41)23-32(38)36(22-25-14-16-26(34)17-15-25)30(20-24-10-6-4-7-11-24)33(39)35-27-12-8-5-9-13-27/h4,6-7,10-11,14-19,21,27,30H,5,8-9,12-13,20,22-23H2,1-3H3,(H,35,39)/t30-/m0/s1. The summed E-state index contributed by atoms with van der Waals surface area (Å²) in [6, 6.07) is 20.3. The van der Waals surface area contributed by atoms with Gasteiger partial charge in [0.1, 0.15) is 24.1 Å². The molecule has 0 unspecified atom stereocenters. The van der Waals surface area contributed by atoms with Crippen LogP contribution < -0.4 is 19.1 Å². The SMILES string of the molecule is COc1ccc(N(CC(=O)N(Cc2ccc(Cl)cc2)[C@@H](Cc2ccccc2)C(=O)NC2CCCCC2)S(C)(=O)=O)c(OC)c1. The van der Waals surface area contributed by atoms with Gasteiger partial charge in [-0.2, -0.15) is 0 Å². The van der Waals surface area contributed by atoms with Crippen molar-refractivity contribution in [3.8, 4) is 11.5 Å². The van der Waals surface area contributed by atoms with Gasteiger partial charge in [0.15, 0.2) is 0 Å². The molecule has 11 heteroatoms.